The van der Waals surface area contributed by atoms with E-state index in [9.17, 15) is 35.9 Å². The molecule has 0 aliphatic heterocycles. The Hall–Kier alpha value is -4.48. The number of para-hydroxylation sites is 1. The number of carbonyl (C=O) groups is 1. The van der Waals surface area contributed by atoms with E-state index in [1.807, 2.05) is 0 Å². The van der Waals surface area contributed by atoms with Crippen LogP contribution >= 0.6 is 0 Å². The number of hydrogen-bond donors (Lipinski definition) is 1. The van der Waals surface area contributed by atoms with E-state index in [2.05, 4.69) is 5.32 Å². The molecule has 0 aliphatic carbocycles. The first-order valence-electron chi connectivity index (χ1n) is 10.8. The molecule has 12 heteroatoms. The Balaban J connectivity index is 1.58. The summed E-state index contributed by atoms with van der Waals surface area (Å²) in [5.74, 6) is -3.86. The van der Waals surface area contributed by atoms with Crippen molar-refractivity contribution in [2.75, 3.05) is 11.9 Å². The van der Waals surface area contributed by atoms with E-state index in [1.54, 1.807) is 19.1 Å². The average Bonchev–Trinajstić information content (AvgIpc) is 2.84. The molecule has 0 spiro atoms. The maximum Gasteiger partial charge on any atom is 0.453 e. The van der Waals surface area contributed by atoms with E-state index < -0.39 is 58.6 Å². The Labute approximate surface area is 210 Å². The molecule has 0 aliphatic rings. The van der Waals surface area contributed by atoms with Gasteiger partial charge in [0.05, 0.1) is 16.6 Å². The van der Waals surface area contributed by atoms with E-state index in [0.29, 0.717) is 0 Å². The molecule has 198 valence electrons. The first kappa shape index (κ1) is 26.6. The molecule has 38 heavy (non-hydrogen) atoms. The minimum absolute atomic E-state index is 0.00851. The highest BCUT2D eigenvalue weighted by Crippen LogP contribution is 2.39. The summed E-state index contributed by atoms with van der Waals surface area (Å²) in [6.45, 7) is 0.989. The third-order valence-corrected chi connectivity index (χ3v) is 5.20. The van der Waals surface area contributed by atoms with E-state index in [0.717, 1.165) is 35.9 Å². The highest BCUT2D eigenvalue weighted by atomic mass is 19.4. The first-order chi connectivity index (χ1) is 17.8. The number of hydrogen-bond acceptors (Lipinski definition) is 5. The average molecular weight is 537 g/mol. The monoisotopic (exact) mass is 537 g/mol. The second kappa shape index (κ2) is 10.1. The SMILES string of the molecule is Cc1ccc(Oc2c(C(F)(F)F)oc3cc(OCC(=O)Nc4ccccc4C(F)(F)F)ccc3c2=O)cc1. The number of alkyl halides is 6. The molecular weight excluding hydrogens is 520 g/mol. The molecule has 1 aromatic heterocycles. The molecule has 4 rings (SSSR count). The van der Waals surface area contributed by atoms with E-state index in [1.165, 1.54) is 24.3 Å². The smallest absolute Gasteiger partial charge is 0.453 e. The van der Waals surface area contributed by atoms with Gasteiger partial charge in [-0.25, -0.2) is 0 Å². The highest BCUT2D eigenvalue weighted by Gasteiger charge is 2.40. The summed E-state index contributed by atoms with van der Waals surface area (Å²) in [5, 5.41) is 1.82. The zero-order valence-electron chi connectivity index (χ0n) is 19.4. The molecule has 0 bridgehead atoms. The van der Waals surface area contributed by atoms with Crippen LogP contribution in [0.4, 0.5) is 32.0 Å². The maximum atomic E-state index is 13.7. The lowest BCUT2D eigenvalue weighted by Crippen LogP contribution is -2.22. The molecule has 6 nitrogen and oxygen atoms in total. The van der Waals surface area contributed by atoms with Crippen LogP contribution in [0.15, 0.2) is 75.9 Å². The van der Waals surface area contributed by atoms with Gasteiger partial charge in [-0.1, -0.05) is 29.8 Å². The number of fused-ring (bicyclic) bond motifs is 1. The van der Waals surface area contributed by atoms with Gasteiger partial charge in [-0.3, -0.25) is 9.59 Å². The zero-order chi connectivity index (χ0) is 27.7. The van der Waals surface area contributed by atoms with Gasteiger partial charge in [0, 0.05) is 6.07 Å². The molecular formula is C26H17F6NO5. The fourth-order valence-corrected chi connectivity index (χ4v) is 3.42. The number of anilines is 1. The zero-order valence-corrected chi connectivity index (χ0v) is 19.4. The van der Waals surface area contributed by atoms with Gasteiger partial charge >= 0.3 is 12.4 Å². The third-order valence-electron chi connectivity index (χ3n) is 5.20. The first-order valence-corrected chi connectivity index (χ1v) is 10.8. The van der Waals surface area contributed by atoms with Gasteiger partial charge in [0.25, 0.3) is 11.7 Å². The molecule has 1 heterocycles. The van der Waals surface area contributed by atoms with Crippen molar-refractivity contribution in [2.45, 2.75) is 19.3 Å². The lowest BCUT2D eigenvalue weighted by atomic mass is 10.1. The lowest BCUT2D eigenvalue weighted by molar-refractivity contribution is -0.154. The van der Waals surface area contributed by atoms with Crippen molar-refractivity contribution >= 4 is 22.6 Å². The van der Waals surface area contributed by atoms with Crippen molar-refractivity contribution in [1.82, 2.24) is 0 Å². The molecule has 0 fully saturated rings. The number of amides is 1. The molecule has 3 aromatic carbocycles. The van der Waals surface area contributed by atoms with Gasteiger partial charge in [-0.2, -0.15) is 26.3 Å². The van der Waals surface area contributed by atoms with E-state index >= 15 is 0 Å². The molecule has 1 N–H and O–H groups in total. The van der Waals surface area contributed by atoms with E-state index in [4.69, 9.17) is 13.9 Å². The van der Waals surface area contributed by atoms with Crippen molar-refractivity contribution in [2.24, 2.45) is 0 Å². The van der Waals surface area contributed by atoms with Gasteiger partial charge in [-0.15, -0.1) is 0 Å². The molecule has 0 unspecified atom stereocenters. The standard InChI is InChI=1S/C26H17F6NO5/c1-14-6-8-15(9-7-14)37-23-22(35)17-11-10-16(12-20(17)38-24(23)26(30,31)32)36-13-21(34)33-19-5-3-2-4-18(19)25(27,28)29/h2-12H,13H2,1H3,(H,33,34). The minimum atomic E-state index is -5.09. The summed E-state index contributed by atoms with van der Waals surface area (Å²) in [5.41, 5.74) is -2.32. The van der Waals surface area contributed by atoms with Crippen LogP contribution in [0.25, 0.3) is 11.0 Å². The number of carbonyl (C=O) groups excluding carboxylic acids is 1. The Morgan fingerprint density at radius 1 is 0.895 bits per heavy atom. The number of benzene rings is 3. The van der Waals surface area contributed by atoms with Crippen LogP contribution in [0.5, 0.6) is 17.2 Å². The topological polar surface area (TPSA) is 77.8 Å². The summed E-state index contributed by atoms with van der Waals surface area (Å²) in [7, 11) is 0. The van der Waals surface area contributed by atoms with Crippen molar-refractivity contribution in [3.05, 3.63) is 93.8 Å². The van der Waals surface area contributed by atoms with Crippen LogP contribution in [0.2, 0.25) is 0 Å². The number of ether oxygens (including phenoxy) is 2. The normalized spacial score (nSPS) is 11.9. The number of nitrogens with one attached hydrogen (secondary N) is 1. The molecule has 1 amide bonds. The van der Waals surface area contributed by atoms with Gasteiger partial charge < -0.3 is 19.2 Å². The summed E-state index contributed by atoms with van der Waals surface area (Å²) in [6.07, 6.45) is -9.80. The number of halogens is 6. The van der Waals surface area contributed by atoms with Crippen molar-refractivity contribution in [3.8, 4) is 17.2 Å². The second-order valence-corrected chi connectivity index (χ2v) is 8.04. The quantitative estimate of drug-likeness (QED) is 0.270. The van der Waals surface area contributed by atoms with Crippen molar-refractivity contribution in [3.63, 3.8) is 0 Å². The summed E-state index contributed by atoms with van der Waals surface area (Å²) in [6, 6.07) is 13.5. The summed E-state index contributed by atoms with van der Waals surface area (Å²) >= 11 is 0. The lowest BCUT2D eigenvalue weighted by Gasteiger charge is -2.14. The summed E-state index contributed by atoms with van der Waals surface area (Å²) in [4.78, 5) is 25.0. The predicted octanol–water partition coefficient (Wildman–Crippen LogP) is 6.95. The third kappa shape index (κ3) is 5.90. The van der Waals surface area contributed by atoms with Crippen LogP contribution in [-0.4, -0.2) is 12.5 Å². The molecule has 0 saturated carbocycles. The maximum absolute atomic E-state index is 13.7. The van der Waals surface area contributed by atoms with Crippen LogP contribution in [0.1, 0.15) is 16.9 Å². The van der Waals surface area contributed by atoms with Crippen LogP contribution in [0.3, 0.4) is 0 Å². The number of rotatable bonds is 6. The molecule has 0 saturated heterocycles. The Morgan fingerprint density at radius 2 is 1.55 bits per heavy atom. The highest BCUT2D eigenvalue weighted by molar-refractivity contribution is 5.92. The fraction of sp³-hybridized carbons (Fsp3) is 0.154. The van der Waals surface area contributed by atoms with E-state index in [-0.39, 0.29) is 16.9 Å². The molecule has 4 aromatic rings. The van der Waals surface area contributed by atoms with Gasteiger partial charge in [-0.05, 0) is 43.3 Å². The second-order valence-electron chi connectivity index (χ2n) is 8.04. The Kier molecular flexibility index (Phi) is 7.07. The molecule has 0 radical (unpaired) electrons. The van der Waals surface area contributed by atoms with Crippen LogP contribution in [0, 0.1) is 6.92 Å². The molecule has 0 atom stereocenters. The Morgan fingerprint density at radius 3 is 2.21 bits per heavy atom. The van der Waals surface area contributed by atoms with Gasteiger partial charge in [0.15, 0.2) is 6.61 Å². The van der Waals surface area contributed by atoms with Crippen molar-refractivity contribution < 1.29 is 45.0 Å². The fourth-order valence-electron chi connectivity index (χ4n) is 3.42. The van der Waals surface area contributed by atoms with Gasteiger partial charge in [0.2, 0.25) is 11.2 Å². The minimum Gasteiger partial charge on any atom is -0.484 e. The van der Waals surface area contributed by atoms with Crippen LogP contribution < -0.4 is 20.2 Å². The summed E-state index contributed by atoms with van der Waals surface area (Å²) < 4.78 is 95.9. The number of aryl methyl sites for hydroxylation is 1. The predicted molar refractivity (Wildman–Crippen MR) is 124 cm³/mol. The Bertz CT molecular complexity index is 1540. The van der Waals surface area contributed by atoms with Gasteiger partial charge in [0.1, 0.15) is 17.1 Å². The van der Waals surface area contributed by atoms with Crippen LogP contribution in [-0.2, 0) is 17.1 Å². The van der Waals surface area contributed by atoms with Crippen molar-refractivity contribution in [1.29, 1.82) is 0 Å². The largest absolute Gasteiger partial charge is 0.484 e.